The number of hydrogen-bond acceptors (Lipinski definition) is 6. The van der Waals surface area contributed by atoms with Gasteiger partial charge in [0.25, 0.3) is 11.9 Å². The number of benzene rings is 2. The molecule has 0 bridgehead atoms. The van der Waals surface area contributed by atoms with Crippen LogP contribution in [0.5, 0.6) is 0 Å². The van der Waals surface area contributed by atoms with Gasteiger partial charge in [-0.1, -0.05) is 26.0 Å². The van der Waals surface area contributed by atoms with Crippen molar-refractivity contribution >= 4 is 29.1 Å². The number of anilines is 1. The van der Waals surface area contributed by atoms with E-state index in [2.05, 4.69) is 10.3 Å². The van der Waals surface area contributed by atoms with Gasteiger partial charge in [0.2, 0.25) is 0 Å². The number of aliphatic hydroxyl groups is 1. The highest BCUT2D eigenvalue weighted by molar-refractivity contribution is 5.97. The normalized spacial score (nSPS) is 13.0. The van der Waals surface area contributed by atoms with Gasteiger partial charge in [0.15, 0.2) is 5.58 Å². The predicted molar refractivity (Wildman–Crippen MR) is 135 cm³/mol. The second-order valence-electron chi connectivity index (χ2n) is 9.25. The van der Waals surface area contributed by atoms with Crippen molar-refractivity contribution in [2.75, 3.05) is 31.6 Å². The van der Waals surface area contributed by atoms with Crippen molar-refractivity contribution in [3.05, 3.63) is 59.4 Å². The molecular formula is C26H33FN4O5. The van der Waals surface area contributed by atoms with Gasteiger partial charge in [-0.25, -0.2) is 9.18 Å². The average molecular weight is 501 g/mol. The Kier molecular flexibility index (Phi) is 8.87. The van der Waals surface area contributed by atoms with Gasteiger partial charge >= 0.3 is 6.09 Å². The fourth-order valence-corrected chi connectivity index (χ4v) is 3.88. The van der Waals surface area contributed by atoms with Gasteiger partial charge in [0, 0.05) is 32.2 Å². The summed E-state index contributed by atoms with van der Waals surface area (Å²) in [6, 6.07) is 10.2. The van der Waals surface area contributed by atoms with E-state index in [1.807, 2.05) is 32.7 Å². The Morgan fingerprint density at radius 1 is 1.14 bits per heavy atom. The number of carboxylic acid groups (broad SMARTS) is 1. The summed E-state index contributed by atoms with van der Waals surface area (Å²) >= 11 is 0. The van der Waals surface area contributed by atoms with E-state index < -0.39 is 24.1 Å². The van der Waals surface area contributed by atoms with Crippen molar-refractivity contribution in [2.45, 2.75) is 39.3 Å². The maximum atomic E-state index is 13.5. The molecule has 3 aromatic rings. The van der Waals surface area contributed by atoms with Gasteiger partial charge < -0.3 is 29.7 Å². The highest BCUT2D eigenvalue weighted by atomic mass is 19.1. The molecule has 0 saturated carbocycles. The van der Waals surface area contributed by atoms with Crippen molar-refractivity contribution in [1.82, 2.24) is 15.2 Å². The van der Waals surface area contributed by atoms with Crippen LogP contribution >= 0.6 is 0 Å². The molecule has 3 N–H and O–H groups in total. The number of hydrogen-bond donors (Lipinski definition) is 3. The van der Waals surface area contributed by atoms with Gasteiger partial charge in [-0.2, -0.15) is 4.98 Å². The number of amides is 2. The second-order valence-corrected chi connectivity index (χ2v) is 9.25. The summed E-state index contributed by atoms with van der Waals surface area (Å²) in [4.78, 5) is 32.6. The summed E-state index contributed by atoms with van der Waals surface area (Å²) < 4.78 is 19.1. The molecular weight excluding hydrogens is 467 g/mol. The second kappa shape index (κ2) is 11.9. The molecule has 2 atom stereocenters. The summed E-state index contributed by atoms with van der Waals surface area (Å²) in [5, 5.41) is 22.6. The molecule has 10 heteroatoms. The van der Waals surface area contributed by atoms with Crippen LogP contribution in [-0.2, 0) is 6.42 Å². The first kappa shape index (κ1) is 26.9. The van der Waals surface area contributed by atoms with Crippen molar-refractivity contribution in [2.24, 2.45) is 5.92 Å². The van der Waals surface area contributed by atoms with Gasteiger partial charge in [-0.05, 0) is 55.2 Å². The fourth-order valence-electron chi connectivity index (χ4n) is 3.88. The monoisotopic (exact) mass is 500 g/mol. The van der Waals surface area contributed by atoms with E-state index in [4.69, 9.17) is 4.42 Å². The number of oxazole rings is 1. The molecule has 0 aliphatic heterocycles. The number of aliphatic hydroxyl groups excluding tert-OH is 1. The lowest BCUT2D eigenvalue weighted by atomic mass is 10.00. The summed E-state index contributed by atoms with van der Waals surface area (Å²) in [7, 11) is 1.86. The molecule has 0 aliphatic rings. The Balaban J connectivity index is 1.82. The smallest absolute Gasteiger partial charge is 0.404 e. The van der Waals surface area contributed by atoms with E-state index in [1.165, 1.54) is 29.2 Å². The molecule has 3 rings (SSSR count). The average Bonchev–Trinajstić information content (AvgIpc) is 3.26. The first-order valence-corrected chi connectivity index (χ1v) is 11.9. The lowest BCUT2D eigenvalue weighted by molar-refractivity contribution is 0.0509. The third-order valence-electron chi connectivity index (χ3n) is 5.85. The fraction of sp³-hybridized carbons (Fsp3) is 0.423. The van der Waals surface area contributed by atoms with Crippen LogP contribution in [0.15, 0.2) is 46.9 Å². The van der Waals surface area contributed by atoms with Crippen molar-refractivity contribution in [1.29, 1.82) is 0 Å². The maximum absolute atomic E-state index is 13.5. The zero-order valence-corrected chi connectivity index (χ0v) is 20.9. The van der Waals surface area contributed by atoms with Gasteiger partial charge in [-0.15, -0.1) is 0 Å². The maximum Gasteiger partial charge on any atom is 0.404 e. The number of nitrogens with zero attached hydrogens (tertiary/aromatic N) is 3. The van der Waals surface area contributed by atoms with E-state index in [0.29, 0.717) is 41.3 Å². The minimum absolute atomic E-state index is 0.0958. The Hall–Kier alpha value is -3.66. The van der Waals surface area contributed by atoms with Crippen LogP contribution in [0.2, 0.25) is 0 Å². The van der Waals surface area contributed by atoms with E-state index in [9.17, 15) is 24.2 Å². The molecule has 2 aromatic carbocycles. The Labute approximate surface area is 209 Å². The van der Waals surface area contributed by atoms with Crippen molar-refractivity contribution in [3.8, 4) is 0 Å². The molecule has 0 aliphatic carbocycles. The Morgan fingerprint density at radius 2 is 1.83 bits per heavy atom. The molecule has 0 unspecified atom stereocenters. The van der Waals surface area contributed by atoms with Crippen molar-refractivity contribution in [3.63, 3.8) is 0 Å². The van der Waals surface area contributed by atoms with Gasteiger partial charge in [0.05, 0.1) is 12.1 Å². The molecule has 1 aromatic heterocycles. The SMILES string of the molecule is CCN(C)c1nc2ccc(C(=O)N(CC(C)C)C[C@@H](O)[C@H](Cc3ccc(F)cc3)NC(=O)O)cc2o1. The number of carbonyl (C=O) groups excluding carboxylic acids is 1. The Morgan fingerprint density at radius 3 is 2.44 bits per heavy atom. The molecule has 194 valence electrons. The highest BCUT2D eigenvalue weighted by Gasteiger charge is 2.27. The summed E-state index contributed by atoms with van der Waals surface area (Å²) in [5.41, 5.74) is 2.13. The molecule has 36 heavy (non-hydrogen) atoms. The first-order chi connectivity index (χ1) is 17.1. The van der Waals surface area contributed by atoms with Gasteiger partial charge in [-0.3, -0.25) is 4.79 Å². The molecule has 9 nitrogen and oxygen atoms in total. The van der Waals surface area contributed by atoms with Crippen molar-refractivity contribution < 1.29 is 28.6 Å². The number of aromatic nitrogens is 1. The third-order valence-corrected chi connectivity index (χ3v) is 5.85. The molecule has 0 spiro atoms. The van der Waals surface area contributed by atoms with Gasteiger partial charge in [0.1, 0.15) is 11.3 Å². The minimum Gasteiger partial charge on any atom is -0.465 e. The minimum atomic E-state index is -1.30. The zero-order chi connectivity index (χ0) is 26.4. The third kappa shape index (κ3) is 6.94. The number of nitrogens with one attached hydrogen (secondary N) is 1. The molecule has 1 heterocycles. The molecule has 0 fully saturated rings. The lowest BCUT2D eigenvalue weighted by Crippen LogP contribution is -2.50. The Bertz CT molecular complexity index is 1180. The standard InChI is InChI=1S/C26H33FN4O5/c1-5-30(4)25-28-20-11-8-18(13-23(20)36-25)24(33)31(14-16(2)3)15-22(32)21(29-26(34)35)12-17-6-9-19(27)10-7-17/h6-11,13,16,21-22,29,32H,5,12,14-15H2,1-4H3,(H,34,35)/t21-,22+/m0/s1. The predicted octanol–water partition coefficient (Wildman–Crippen LogP) is 3.76. The van der Waals surface area contributed by atoms with Crippen LogP contribution in [0.3, 0.4) is 0 Å². The number of halogens is 1. The number of rotatable bonds is 11. The van der Waals surface area contributed by atoms with E-state index in [0.717, 1.165) is 0 Å². The van der Waals surface area contributed by atoms with Crippen LogP contribution in [-0.4, -0.2) is 70.9 Å². The highest BCUT2D eigenvalue weighted by Crippen LogP contribution is 2.23. The molecule has 0 saturated heterocycles. The molecule has 0 radical (unpaired) electrons. The van der Waals surface area contributed by atoms with E-state index >= 15 is 0 Å². The number of carbonyl (C=O) groups is 2. The van der Waals surface area contributed by atoms with Crippen LogP contribution in [0, 0.1) is 11.7 Å². The van der Waals surface area contributed by atoms with E-state index in [1.54, 1.807) is 18.2 Å². The largest absolute Gasteiger partial charge is 0.465 e. The zero-order valence-electron chi connectivity index (χ0n) is 20.9. The van der Waals surface area contributed by atoms with E-state index in [-0.39, 0.29) is 24.8 Å². The van der Waals surface area contributed by atoms with Crippen LogP contribution < -0.4 is 10.2 Å². The quantitative estimate of drug-likeness (QED) is 0.367. The van der Waals surface area contributed by atoms with Crippen LogP contribution in [0.25, 0.3) is 11.1 Å². The topological polar surface area (TPSA) is 119 Å². The molecule has 2 amide bonds. The van der Waals surface area contributed by atoms with Crippen LogP contribution in [0.4, 0.5) is 15.2 Å². The number of fused-ring (bicyclic) bond motifs is 1. The first-order valence-electron chi connectivity index (χ1n) is 11.9. The van der Waals surface area contributed by atoms with Crippen LogP contribution in [0.1, 0.15) is 36.7 Å². The summed E-state index contributed by atoms with van der Waals surface area (Å²) in [6.45, 7) is 6.84. The summed E-state index contributed by atoms with van der Waals surface area (Å²) in [5.74, 6) is -0.627. The lowest BCUT2D eigenvalue weighted by Gasteiger charge is -2.31. The summed E-state index contributed by atoms with van der Waals surface area (Å²) in [6.07, 6.45) is -2.37.